The third-order valence-electron chi connectivity index (χ3n) is 6.46. The average Bonchev–Trinajstić information content (AvgIpc) is 2.90. The molecular formula is C28H31NO6. The molecule has 184 valence electrons. The minimum atomic E-state index is -0.171. The van der Waals surface area contributed by atoms with E-state index in [-0.39, 0.29) is 24.0 Å². The fourth-order valence-corrected chi connectivity index (χ4v) is 4.62. The maximum Gasteiger partial charge on any atom is 0.261 e. The molecule has 0 spiro atoms. The fraction of sp³-hybridized carbons (Fsp3) is 0.357. The molecule has 35 heavy (non-hydrogen) atoms. The number of benzene rings is 2. The summed E-state index contributed by atoms with van der Waals surface area (Å²) in [5.74, 6) is 1.50. The maximum absolute atomic E-state index is 13.2. The van der Waals surface area contributed by atoms with Gasteiger partial charge in [-0.1, -0.05) is 31.4 Å². The van der Waals surface area contributed by atoms with Crippen LogP contribution < -0.4 is 19.6 Å². The first kappa shape index (κ1) is 24.4. The molecule has 0 atom stereocenters. The highest BCUT2D eigenvalue weighted by atomic mass is 16.5. The topological polar surface area (TPSA) is 78.2 Å². The van der Waals surface area contributed by atoms with Crippen molar-refractivity contribution < 1.29 is 23.4 Å². The third-order valence-corrected chi connectivity index (χ3v) is 6.46. The largest absolute Gasteiger partial charge is 0.493 e. The minimum absolute atomic E-state index is 0.0675. The first-order valence-electron chi connectivity index (χ1n) is 11.9. The van der Waals surface area contributed by atoms with Gasteiger partial charge in [-0.2, -0.15) is 0 Å². The highest BCUT2D eigenvalue weighted by Crippen LogP contribution is 2.32. The number of rotatable bonds is 9. The number of methoxy groups -OCH3 is 2. The Balaban J connectivity index is 1.52. The standard InChI is InChI=1S/C28H31NO6/c1-4-14-29(20-8-6-5-7-9-20)27(30)18-34-21-11-12-22-25(16-21)35-17-23(28(22)31)19-10-13-24(32-2)26(15-19)33-3/h4,10-13,15-17,20H,1,5-9,14,18H2,2-3H3. The van der Waals surface area contributed by atoms with Crippen LogP contribution in [0.15, 0.2) is 64.5 Å². The summed E-state index contributed by atoms with van der Waals surface area (Å²) in [6, 6.07) is 10.5. The van der Waals surface area contributed by atoms with Crippen molar-refractivity contribution in [2.45, 2.75) is 38.1 Å². The predicted octanol–water partition coefficient (Wildman–Crippen LogP) is 5.20. The first-order chi connectivity index (χ1) is 17.0. The van der Waals surface area contributed by atoms with Gasteiger partial charge in [0.1, 0.15) is 17.6 Å². The van der Waals surface area contributed by atoms with Crippen molar-refractivity contribution in [2.24, 2.45) is 0 Å². The highest BCUT2D eigenvalue weighted by Gasteiger charge is 2.24. The van der Waals surface area contributed by atoms with Crippen molar-refractivity contribution in [1.29, 1.82) is 0 Å². The number of carbonyl (C=O) groups excluding carboxylic acids is 1. The summed E-state index contributed by atoms with van der Waals surface area (Å²) in [4.78, 5) is 27.9. The Morgan fingerprint density at radius 1 is 1.09 bits per heavy atom. The van der Waals surface area contributed by atoms with Crippen molar-refractivity contribution in [2.75, 3.05) is 27.4 Å². The third kappa shape index (κ3) is 5.34. The van der Waals surface area contributed by atoms with Gasteiger partial charge in [0.2, 0.25) is 0 Å². The average molecular weight is 478 g/mol. The van der Waals surface area contributed by atoms with E-state index in [2.05, 4.69) is 6.58 Å². The quantitative estimate of drug-likeness (QED) is 0.394. The van der Waals surface area contributed by atoms with Crippen LogP contribution in [-0.2, 0) is 4.79 Å². The molecule has 0 unspecified atom stereocenters. The van der Waals surface area contributed by atoms with Gasteiger partial charge in [-0.05, 0) is 42.7 Å². The molecule has 7 heteroatoms. The summed E-state index contributed by atoms with van der Waals surface area (Å²) in [7, 11) is 3.10. The van der Waals surface area contributed by atoms with Gasteiger partial charge in [0, 0.05) is 18.7 Å². The van der Waals surface area contributed by atoms with E-state index in [4.69, 9.17) is 18.6 Å². The number of nitrogens with zero attached hydrogens (tertiary/aromatic N) is 1. The lowest BCUT2D eigenvalue weighted by Gasteiger charge is -2.33. The predicted molar refractivity (Wildman–Crippen MR) is 135 cm³/mol. The van der Waals surface area contributed by atoms with E-state index in [0.29, 0.717) is 45.9 Å². The van der Waals surface area contributed by atoms with Gasteiger partial charge in [-0.25, -0.2) is 0 Å². The molecular weight excluding hydrogens is 446 g/mol. The Bertz CT molecular complexity index is 1260. The van der Waals surface area contributed by atoms with Crippen LogP contribution in [0.5, 0.6) is 17.2 Å². The molecule has 3 aromatic rings. The molecule has 1 aromatic heterocycles. The van der Waals surface area contributed by atoms with Crippen LogP contribution in [0, 0.1) is 0 Å². The molecule has 0 bridgehead atoms. The molecule has 0 aliphatic heterocycles. The van der Waals surface area contributed by atoms with E-state index in [0.717, 1.165) is 25.7 Å². The second-order valence-electron chi connectivity index (χ2n) is 8.62. The summed E-state index contributed by atoms with van der Waals surface area (Å²) in [6.45, 7) is 4.23. The van der Waals surface area contributed by atoms with E-state index in [1.54, 1.807) is 56.7 Å². The summed E-state index contributed by atoms with van der Waals surface area (Å²) in [5.41, 5.74) is 1.29. The molecule has 1 aliphatic rings. The minimum Gasteiger partial charge on any atom is -0.493 e. The van der Waals surface area contributed by atoms with E-state index < -0.39 is 0 Å². The molecule has 2 aromatic carbocycles. The van der Waals surface area contributed by atoms with Gasteiger partial charge in [-0.3, -0.25) is 9.59 Å². The summed E-state index contributed by atoms with van der Waals surface area (Å²) in [6.07, 6.45) is 8.72. The van der Waals surface area contributed by atoms with E-state index in [9.17, 15) is 9.59 Å². The number of fused-ring (bicyclic) bond motifs is 1. The number of ether oxygens (including phenoxy) is 3. The van der Waals surface area contributed by atoms with Gasteiger partial charge in [0.25, 0.3) is 5.91 Å². The van der Waals surface area contributed by atoms with Gasteiger partial charge in [0.15, 0.2) is 23.5 Å². The van der Waals surface area contributed by atoms with E-state index in [1.165, 1.54) is 12.7 Å². The molecule has 0 saturated heterocycles. The maximum atomic E-state index is 13.2. The lowest BCUT2D eigenvalue weighted by atomic mass is 9.94. The molecule has 7 nitrogen and oxygen atoms in total. The SMILES string of the molecule is C=CCN(C(=O)COc1ccc2c(=O)c(-c3ccc(OC)c(OC)c3)coc2c1)C1CCCCC1. The lowest BCUT2D eigenvalue weighted by Crippen LogP contribution is -2.43. The Morgan fingerprint density at radius 2 is 1.86 bits per heavy atom. The summed E-state index contributed by atoms with van der Waals surface area (Å²) < 4.78 is 22.2. The van der Waals surface area contributed by atoms with Crippen molar-refractivity contribution in [3.05, 3.63) is 65.5 Å². The van der Waals surface area contributed by atoms with Crippen molar-refractivity contribution in [3.8, 4) is 28.4 Å². The Morgan fingerprint density at radius 3 is 2.57 bits per heavy atom. The molecule has 1 aliphatic carbocycles. The number of hydrogen-bond acceptors (Lipinski definition) is 6. The molecule has 0 N–H and O–H groups in total. The number of hydrogen-bond donors (Lipinski definition) is 0. The fourth-order valence-electron chi connectivity index (χ4n) is 4.62. The second kappa shape index (κ2) is 11.1. The lowest BCUT2D eigenvalue weighted by molar-refractivity contribution is -0.135. The summed E-state index contributed by atoms with van der Waals surface area (Å²) in [5, 5.41) is 0.423. The molecule has 1 saturated carbocycles. The van der Waals surface area contributed by atoms with Crippen LogP contribution >= 0.6 is 0 Å². The number of carbonyl (C=O) groups is 1. The van der Waals surface area contributed by atoms with Crippen LogP contribution in [0.1, 0.15) is 32.1 Å². The van der Waals surface area contributed by atoms with Gasteiger partial charge < -0.3 is 23.5 Å². The van der Waals surface area contributed by atoms with Crippen molar-refractivity contribution >= 4 is 16.9 Å². The second-order valence-corrected chi connectivity index (χ2v) is 8.62. The monoisotopic (exact) mass is 477 g/mol. The molecule has 0 radical (unpaired) electrons. The molecule has 1 amide bonds. The first-order valence-corrected chi connectivity index (χ1v) is 11.9. The number of amides is 1. The zero-order valence-electron chi connectivity index (χ0n) is 20.2. The molecule has 1 fully saturated rings. The van der Waals surface area contributed by atoms with Gasteiger partial charge >= 0.3 is 0 Å². The van der Waals surface area contributed by atoms with Crippen LogP contribution in [0.4, 0.5) is 0 Å². The summed E-state index contributed by atoms with van der Waals surface area (Å²) >= 11 is 0. The normalized spacial score (nSPS) is 13.9. The van der Waals surface area contributed by atoms with Crippen molar-refractivity contribution in [1.82, 2.24) is 4.90 Å². The Hall–Kier alpha value is -3.74. The van der Waals surface area contributed by atoms with E-state index in [1.807, 2.05) is 4.90 Å². The van der Waals surface area contributed by atoms with Crippen LogP contribution in [0.2, 0.25) is 0 Å². The smallest absolute Gasteiger partial charge is 0.261 e. The van der Waals surface area contributed by atoms with Crippen LogP contribution in [0.25, 0.3) is 22.1 Å². The van der Waals surface area contributed by atoms with Gasteiger partial charge in [-0.15, -0.1) is 6.58 Å². The zero-order chi connectivity index (χ0) is 24.8. The van der Waals surface area contributed by atoms with E-state index >= 15 is 0 Å². The van der Waals surface area contributed by atoms with Crippen LogP contribution in [-0.4, -0.2) is 44.2 Å². The highest BCUT2D eigenvalue weighted by molar-refractivity contribution is 5.83. The Kier molecular flexibility index (Phi) is 7.75. The Labute approximate surface area is 204 Å². The molecule has 1 heterocycles. The van der Waals surface area contributed by atoms with Crippen molar-refractivity contribution in [3.63, 3.8) is 0 Å². The van der Waals surface area contributed by atoms with Gasteiger partial charge in [0.05, 0.1) is 25.2 Å². The zero-order valence-corrected chi connectivity index (χ0v) is 20.2. The molecule has 4 rings (SSSR count). The van der Waals surface area contributed by atoms with Crippen LogP contribution in [0.3, 0.4) is 0 Å².